The zero-order chi connectivity index (χ0) is 23.3. The first-order valence-electron chi connectivity index (χ1n) is 13.9. The van der Waals surface area contributed by atoms with Crippen LogP contribution in [0.4, 0.5) is 0 Å². The van der Waals surface area contributed by atoms with Gasteiger partial charge in [-0.2, -0.15) is 0 Å². The van der Waals surface area contributed by atoms with Gasteiger partial charge < -0.3 is 5.32 Å². The average Bonchev–Trinajstić information content (AvgIpc) is 3.18. The van der Waals surface area contributed by atoms with Crippen LogP contribution >= 0.6 is 0 Å². The molecular weight excluding hydrogens is 394 g/mol. The summed E-state index contributed by atoms with van der Waals surface area (Å²) >= 11 is 0. The molecular formula is C28H54N3O+. The third-order valence-electron chi connectivity index (χ3n) is 7.14. The molecule has 186 valence electrons. The Bertz CT molecular complexity index is 517. The molecule has 32 heavy (non-hydrogen) atoms. The number of nitrogens with one attached hydrogen (secondary N) is 1. The molecule has 0 bridgehead atoms. The van der Waals surface area contributed by atoms with Gasteiger partial charge in [0.15, 0.2) is 6.17 Å². The van der Waals surface area contributed by atoms with E-state index in [-0.39, 0.29) is 5.91 Å². The molecule has 0 aromatic rings. The number of amides is 1. The molecule has 1 heterocycles. The van der Waals surface area contributed by atoms with Gasteiger partial charge in [-0.1, -0.05) is 83.3 Å². The van der Waals surface area contributed by atoms with Gasteiger partial charge in [-0.3, -0.25) is 9.28 Å². The van der Waals surface area contributed by atoms with E-state index in [4.69, 9.17) is 4.99 Å². The van der Waals surface area contributed by atoms with E-state index in [2.05, 4.69) is 37.5 Å². The number of quaternary nitrogens is 1. The predicted molar refractivity (Wildman–Crippen MR) is 140 cm³/mol. The van der Waals surface area contributed by atoms with Crippen molar-refractivity contribution in [2.75, 3.05) is 26.2 Å². The minimum Gasteiger partial charge on any atom is -0.351 e. The Kier molecular flexibility index (Phi) is 17.4. The molecule has 4 heteroatoms. The topological polar surface area (TPSA) is 41.5 Å². The van der Waals surface area contributed by atoms with Crippen molar-refractivity contribution in [2.24, 2.45) is 4.99 Å². The van der Waals surface area contributed by atoms with Crippen LogP contribution in [0.3, 0.4) is 0 Å². The van der Waals surface area contributed by atoms with Crippen LogP contribution in [0.5, 0.6) is 0 Å². The average molecular weight is 449 g/mol. The summed E-state index contributed by atoms with van der Waals surface area (Å²) in [6.45, 7) is 10.0. The maximum absolute atomic E-state index is 11.2. The predicted octanol–water partition coefficient (Wildman–Crippen LogP) is 7.19. The van der Waals surface area contributed by atoms with Gasteiger partial charge in [-0.05, 0) is 39.0 Å². The van der Waals surface area contributed by atoms with Gasteiger partial charge in [0, 0.05) is 13.3 Å². The summed E-state index contributed by atoms with van der Waals surface area (Å²) in [6, 6.07) is 0. The summed E-state index contributed by atoms with van der Waals surface area (Å²) in [7, 11) is 0. The first-order chi connectivity index (χ1) is 15.6. The van der Waals surface area contributed by atoms with E-state index in [9.17, 15) is 4.79 Å². The molecule has 0 saturated heterocycles. The van der Waals surface area contributed by atoms with Gasteiger partial charge in [0.25, 0.3) is 0 Å². The Morgan fingerprint density at radius 2 is 1.47 bits per heavy atom. The molecule has 1 N–H and O–H groups in total. The van der Waals surface area contributed by atoms with Crippen LogP contribution in [-0.4, -0.2) is 48.9 Å². The lowest BCUT2D eigenvalue weighted by molar-refractivity contribution is -0.935. The molecule has 1 aliphatic rings. The number of unbranched alkanes of at least 4 members (excludes halogenated alkanes) is 13. The summed E-state index contributed by atoms with van der Waals surface area (Å²) in [6.07, 6.45) is 28.9. The molecule has 0 aliphatic carbocycles. The molecule has 4 nitrogen and oxygen atoms in total. The SMILES string of the molecule is CCCCCCCC/C=C/CCCCCCCCCC1N=CC[N+]1(CC)CCNC(C)=O. The first-order valence-corrected chi connectivity index (χ1v) is 13.9. The molecule has 2 unspecified atom stereocenters. The maximum atomic E-state index is 11.2. The van der Waals surface area contributed by atoms with Crippen LogP contribution in [0.1, 0.15) is 124 Å². The lowest BCUT2D eigenvalue weighted by atomic mass is 10.1. The third-order valence-corrected chi connectivity index (χ3v) is 7.14. The summed E-state index contributed by atoms with van der Waals surface area (Å²) in [4.78, 5) is 16.0. The summed E-state index contributed by atoms with van der Waals surface area (Å²) in [5.41, 5.74) is 0. The lowest BCUT2D eigenvalue weighted by Gasteiger charge is -2.38. The Morgan fingerprint density at radius 3 is 2.03 bits per heavy atom. The fourth-order valence-electron chi connectivity index (χ4n) is 4.89. The van der Waals surface area contributed by atoms with Crippen LogP contribution in [0.25, 0.3) is 0 Å². The van der Waals surface area contributed by atoms with E-state index in [0.29, 0.717) is 6.17 Å². The number of allylic oxidation sites excluding steroid dienone is 2. The molecule has 0 spiro atoms. The van der Waals surface area contributed by atoms with E-state index in [0.717, 1.165) is 30.7 Å². The van der Waals surface area contributed by atoms with Gasteiger partial charge in [-0.15, -0.1) is 0 Å². The second-order valence-electron chi connectivity index (χ2n) is 9.82. The highest BCUT2D eigenvalue weighted by molar-refractivity contribution is 5.72. The summed E-state index contributed by atoms with van der Waals surface area (Å²) in [5, 5.41) is 2.96. The highest BCUT2D eigenvalue weighted by Gasteiger charge is 2.37. The zero-order valence-corrected chi connectivity index (χ0v) is 21.8. The Morgan fingerprint density at radius 1 is 0.906 bits per heavy atom. The van der Waals surface area contributed by atoms with Crippen molar-refractivity contribution in [3.05, 3.63) is 12.2 Å². The zero-order valence-electron chi connectivity index (χ0n) is 21.8. The molecule has 0 radical (unpaired) electrons. The van der Waals surface area contributed by atoms with Crippen LogP contribution in [0.15, 0.2) is 17.1 Å². The van der Waals surface area contributed by atoms with E-state index >= 15 is 0 Å². The van der Waals surface area contributed by atoms with Gasteiger partial charge in [-0.25, -0.2) is 4.99 Å². The van der Waals surface area contributed by atoms with Crippen molar-refractivity contribution in [3.63, 3.8) is 0 Å². The minimum atomic E-state index is 0.0695. The monoisotopic (exact) mass is 448 g/mol. The summed E-state index contributed by atoms with van der Waals surface area (Å²) in [5.74, 6) is 0.0695. The van der Waals surface area contributed by atoms with Gasteiger partial charge in [0.05, 0.1) is 25.8 Å². The number of carbonyl (C=O) groups excluding carboxylic acids is 1. The van der Waals surface area contributed by atoms with Gasteiger partial charge in [0.2, 0.25) is 5.91 Å². The van der Waals surface area contributed by atoms with E-state index in [1.54, 1.807) is 6.92 Å². The minimum absolute atomic E-state index is 0.0695. The van der Waals surface area contributed by atoms with Gasteiger partial charge >= 0.3 is 0 Å². The van der Waals surface area contributed by atoms with E-state index in [1.165, 1.54) is 103 Å². The molecule has 0 fully saturated rings. The number of hydrogen-bond donors (Lipinski definition) is 1. The van der Waals surface area contributed by atoms with Crippen LogP contribution in [0.2, 0.25) is 0 Å². The fraction of sp³-hybridized carbons (Fsp3) is 0.857. The molecule has 0 aromatic heterocycles. The first kappa shape index (κ1) is 28.9. The smallest absolute Gasteiger partial charge is 0.217 e. The van der Waals surface area contributed by atoms with Crippen molar-refractivity contribution >= 4 is 12.1 Å². The van der Waals surface area contributed by atoms with Crippen LogP contribution < -0.4 is 5.32 Å². The van der Waals surface area contributed by atoms with Gasteiger partial charge in [0.1, 0.15) is 6.54 Å². The number of hydrogen-bond acceptors (Lipinski definition) is 2. The number of nitrogens with zero attached hydrogens (tertiary/aromatic N) is 2. The summed E-state index contributed by atoms with van der Waals surface area (Å²) < 4.78 is 1.02. The molecule has 1 rings (SSSR count). The number of carbonyl (C=O) groups is 1. The van der Waals surface area contributed by atoms with Crippen LogP contribution in [0, 0.1) is 0 Å². The fourth-order valence-corrected chi connectivity index (χ4v) is 4.89. The quantitative estimate of drug-likeness (QED) is 0.113. The second kappa shape index (κ2) is 19.3. The standard InChI is InChI=1S/C28H53N3O/c1-4-6-7-8-9-10-11-12-13-14-15-16-17-18-19-20-21-22-28-30-24-26-31(28,5-2)25-23-29-27(3)32/h12-13,24,28H,4-11,14-23,25-26H2,1-3H3/p+1/b13-12+. The van der Waals surface area contributed by atoms with Crippen molar-refractivity contribution in [2.45, 2.75) is 130 Å². The Balaban J connectivity index is 1.96. The highest BCUT2D eigenvalue weighted by Crippen LogP contribution is 2.24. The molecule has 1 aliphatic heterocycles. The van der Waals surface area contributed by atoms with Crippen molar-refractivity contribution in [1.29, 1.82) is 0 Å². The van der Waals surface area contributed by atoms with E-state index in [1.807, 2.05) is 0 Å². The lowest BCUT2D eigenvalue weighted by Crippen LogP contribution is -2.55. The van der Waals surface area contributed by atoms with Crippen molar-refractivity contribution in [1.82, 2.24) is 5.32 Å². The molecule has 0 aromatic carbocycles. The second-order valence-corrected chi connectivity index (χ2v) is 9.82. The Hall–Kier alpha value is -1.16. The van der Waals surface area contributed by atoms with Crippen LogP contribution in [-0.2, 0) is 4.79 Å². The molecule has 2 atom stereocenters. The number of aliphatic imine (C=N–C) groups is 1. The number of rotatable bonds is 21. The largest absolute Gasteiger partial charge is 0.351 e. The third kappa shape index (κ3) is 13.4. The van der Waals surface area contributed by atoms with E-state index < -0.39 is 0 Å². The maximum Gasteiger partial charge on any atom is 0.217 e. The Labute approximate surface area is 199 Å². The van der Waals surface area contributed by atoms with Crippen molar-refractivity contribution < 1.29 is 9.28 Å². The van der Waals surface area contributed by atoms with Crippen molar-refractivity contribution in [3.8, 4) is 0 Å². The molecule has 0 saturated carbocycles. The molecule has 1 amide bonds. The number of likely N-dealkylation sites (N-methyl/N-ethyl adjacent to an activating group) is 1. The highest BCUT2D eigenvalue weighted by atomic mass is 16.1. The normalized spacial score (nSPS) is 20.4.